The Balaban J connectivity index is 0.00000324. The van der Waals surface area contributed by atoms with Gasteiger partial charge in [0.1, 0.15) is 0 Å². The normalized spacial score (nSPS) is 12.4. The highest BCUT2D eigenvalue weighted by Crippen LogP contribution is 2.26. The zero-order valence-corrected chi connectivity index (χ0v) is 12.7. The second-order valence-electron chi connectivity index (χ2n) is 4.67. The highest BCUT2D eigenvalue weighted by molar-refractivity contribution is 5.85. The number of nitrogens with two attached hydrogens (primary N) is 1. The SMILES string of the molecule is CCC(CC)(CN)C(=O)NC(C)c1cccnc1.Cl. The van der Waals surface area contributed by atoms with E-state index in [1.165, 1.54) is 0 Å². The maximum absolute atomic E-state index is 12.3. The summed E-state index contributed by atoms with van der Waals surface area (Å²) in [6.45, 7) is 6.35. The summed E-state index contributed by atoms with van der Waals surface area (Å²) < 4.78 is 0. The summed E-state index contributed by atoms with van der Waals surface area (Å²) in [6.07, 6.45) is 5.00. The first-order valence-corrected chi connectivity index (χ1v) is 6.50. The molecule has 1 aromatic rings. The van der Waals surface area contributed by atoms with Crippen LogP contribution in [0.1, 0.15) is 45.2 Å². The molecule has 0 aliphatic carbocycles. The number of carbonyl (C=O) groups is 1. The van der Waals surface area contributed by atoms with Crippen LogP contribution in [0, 0.1) is 5.41 Å². The standard InChI is InChI=1S/C14H23N3O.ClH/c1-4-14(5-2,10-15)13(18)17-11(3)12-7-6-8-16-9-12;/h6-9,11H,4-5,10,15H2,1-3H3,(H,17,18);1H. The van der Waals surface area contributed by atoms with Crippen LogP contribution >= 0.6 is 12.4 Å². The van der Waals surface area contributed by atoms with Gasteiger partial charge in [0, 0.05) is 18.9 Å². The minimum absolute atomic E-state index is 0. The molecule has 0 aliphatic heterocycles. The lowest BCUT2D eigenvalue weighted by Gasteiger charge is -2.30. The molecule has 1 unspecified atom stereocenters. The van der Waals surface area contributed by atoms with Crippen molar-refractivity contribution in [1.82, 2.24) is 10.3 Å². The molecule has 1 rings (SSSR count). The third kappa shape index (κ3) is 4.18. The summed E-state index contributed by atoms with van der Waals surface area (Å²) >= 11 is 0. The maximum atomic E-state index is 12.3. The van der Waals surface area contributed by atoms with E-state index in [0.29, 0.717) is 6.54 Å². The van der Waals surface area contributed by atoms with Crippen molar-refractivity contribution >= 4 is 18.3 Å². The maximum Gasteiger partial charge on any atom is 0.227 e. The fourth-order valence-electron chi connectivity index (χ4n) is 2.02. The quantitative estimate of drug-likeness (QED) is 0.843. The molecule has 0 fully saturated rings. The Kier molecular flexibility index (Phi) is 7.64. The highest BCUT2D eigenvalue weighted by atomic mass is 35.5. The van der Waals surface area contributed by atoms with Crippen LogP contribution < -0.4 is 11.1 Å². The molecule has 0 saturated carbocycles. The van der Waals surface area contributed by atoms with Crippen molar-refractivity contribution in [2.75, 3.05) is 6.54 Å². The third-order valence-corrected chi connectivity index (χ3v) is 3.76. The van der Waals surface area contributed by atoms with Crippen molar-refractivity contribution in [2.24, 2.45) is 11.1 Å². The van der Waals surface area contributed by atoms with Crippen molar-refractivity contribution in [3.05, 3.63) is 30.1 Å². The zero-order valence-electron chi connectivity index (χ0n) is 11.8. The smallest absolute Gasteiger partial charge is 0.227 e. The largest absolute Gasteiger partial charge is 0.349 e. The molecule has 108 valence electrons. The van der Waals surface area contributed by atoms with E-state index in [0.717, 1.165) is 18.4 Å². The van der Waals surface area contributed by atoms with Gasteiger partial charge in [-0.2, -0.15) is 0 Å². The van der Waals surface area contributed by atoms with Crippen LogP contribution in [0.15, 0.2) is 24.5 Å². The molecule has 3 N–H and O–H groups in total. The summed E-state index contributed by atoms with van der Waals surface area (Å²) in [6, 6.07) is 3.78. The molecule has 1 heterocycles. The first-order chi connectivity index (χ1) is 8.59. The van der Waals surface area contributed by atoms with Gasteiger partial charge in [0.25, 0.3) is 0 Å². The van der Waals surface area contributed by atoms with Crippen LogP contribution in [0.3, 0.4) is 0 Å². The number of halogens is 1. The van der Waals surface area contributed by atoms with Crippen molar-refractivity contribution in [3.63, 3.8) is 0 Å². The zero-order chi connectivity index (χ0) is 13.6. The van der Waals surface area contributed by atoms with Gasteiger partial charge in [-0.25, -0.2) is 0 Å². The molecule has 0 aliphatic rings. The van der Waals surface area contributed by atoms with Crippen molar-refractivity contribution in [3.8, 4) is 0 Å². The Morgan fingerprint density at radius 3 is 2.53 bits per heavy atom. The van der Waals surface area contributed by atoms with Crippen molar-refractivity contribution < 1.29 is 4.79 Å². The van der Waals surface area contributed by atoms with E-state index in [2.05, 4.69) is 10.3 Å². The molecule has 4 nitrogen and oxygen atoms in total. The molecule has 0 bridgehead atoms. The van der Waals surface area contributed by atoms with Gasteiger partial charge >= 0.3 is 0 Å². The van der Waals surface area contributed by atoms with E-state index in [1.54, 1.807) is 12.4 Å². The molecule has 1 amide bonds. The summed E-state index contributed by atoms with van der Waals surface area (Å²) in [5.74, 6) is 0.0337. The topological polar surface area (TPSA) is 68.0 Å². The van der Waals surface area contributed by atoms with Gasteiger partial charge in [-0.05, 0) is 31.4 Å². The van der Waals surface area contributed by atoms with Crippen molar-refractivity contribution in [2.45, 2.75) is 39.7 Å². The second-order valence-corrected chi connectivity index (χ2v) is 4.67. The van der Waals surface area contributed by atoms with E-state index >= 15 is 0 Å². The van der Waals surface area contributed by atoms with Crippen LogP contribution in [0.25, 0.3) is 0 Å². The van der Waals surface area contributed by atoms with Crippen LogP contribution in [0.2, 0.25) is 0 Å². The van der Waals surface area contributed by atoms with E-state index < -0.39 is 5.41 Å². The number of pyridine rings is 1. The van der Waals surface area contributed by atoms with E-state index in [-0.39, 0.29) is 24.4 Å². The molecule has 0 spiro atoms. The molecule has 0 saturated heterocycles. The van der Waals surface area contributed by atoms with Gasteiger partial charge < -0.3 is 11.1 Å². The number of nitrogens with zero attached hydrogens (tertiary/aromatic N) is 1. The number of rotatable bonds is 6. The summed E-state index contributed by atoms with van der Waals surface area (Å²) in [5.41, 5.74) is 6.33. The number of carbonyl (C=O) groups excluding carboxylic acids is 1. The fraction of sp³-hybridized carbons (Fsp3) is 0.571. The van der Waals surface area contributed by atoms with Crippen LogP contribution in [0.5, 0.6) is 0 Å². The molecular weight excluding hydrogens is 262 g/mol. The number of hydrogen-bond acceptors (Lipinski definition) is 3. The van der Waals surface area contributed by atoms with E-state index in [9.17, 15) is 4.79 Å². The molecular formula is C14H24ClN3O. The molecule has 0 radical (unpaired) electrons. The van der Waals surface area contributed by atoms with Gasteiger partial charge in [0.2, 0.25) is 5.91 Å². The number of hydrogen-bond donors (Lipinski definition) is 2. The van der Waals surface area contributed by atoms with E-state index in [4.69, 9.17) is 5.73 Å². The first kappa shape index (κ1) is 17.9. The van der Waals surface area contributed by atoms with E-state index in [1.807, 2.05) is 32.9 Å². The summed E-state index contributed by atoms with van der Waals surface area (Å²) in [7, 11) is 0. The van der Waals surface area contributed by atoms with Crippen LogP contribution in [-0.4, -0.2) is 17.4 Å². The Hall–Kier alpha value is -1.13. The highest BCUT2D eigenvalue weighted by Gasteiger charge is 2.33. The van der Waals surface area contributed by atoms with Gasteiger partial charge in [-0.3, -0.25) is 9.78 Å². The predicted octanol–water partition coefficient (Wildman–Crippen LogP) is 2.45. The Morgan fingerprint density at radius 2 is 2.11 bits per heavy atom. The Labute approximate surface area is 121 Å². The monoisotopic (exact) mass is 285 g/mol. The second kappa shape index (κ2) is 8.12. The van der Waals surface area contributed by atoms with Gasteiger partial charge in [0.05, 0.1) is 11.5 Å². The number of nitrogens with one attached hydrogen (secondary N) is 1. The Bertz CT molecular complexity index is 371. The lowest BCUT2D eigenvalue weighted by Crippen LogP contribution is -2.46. The number of aromatic nitrogens is 1. The lowest BCUT2D eigenvalue weighted by molar-refractivity contribution is -0.131. The average Bonchev–Trinajstić information content (AvgIpc) is 2.42. The number of amides is 1. The average molecular weight is 286 g/mol. The fourth-order valence-corrected chi connectivity index (χ4v) is 2.02. The minimum atomic E-state index is -0.448. The van der Waals surface area contributed by atoms with Gasteiger partial charge in [0.15, 0.2) is 0 Å². The molecule has 19 heavy (non-hydrogen) atoms. The first-order valence-electron chi connectivity index (χ1n) is 6.50. The lowest BCUT2D eigenvalue weighted by atomic mass is 9.81. The molecule has 1 atom stereocenters. The van der Waals surface area contributed by atoms with Crippen LogP contribution in [-0.2, 0) is 4.79 Å². The molecule has 5 heteroatoms. The molecule has 1 aromatic heterocycles. The third-order valence-electron chi connectivity index (χ3n) is 3.76. The van der Waals surface area contributed by atoms with Crippen LogP contribution in [0.4, 0.5) is 0 Å². The predicted molar refractivity (Wildman–Crippen MR) is 80.1 cm³/mol. The minimum Gasteiger partial charge on any atom is -0.349 e. The van der Waals surface area contributed by atoms with Gasteiger partial charge in [-0.1, -0.05) is 19.9 Å². The molecule has 0 aromatic carbocycles. The summed E-state index contributed by atoms with van der Waals surface area (Å²) in [5, 5.41) is 3.03. The summed E-state index contributed by atoms with van der Waals surface area (Å²) in [4.78, 5) is 16.4. The van der Waals surface area contributed by atoms with Crippen molar-refractivity contribution in [1.29, 1.82) is 0 Å². The van der Waals surface area contributed by atoms with Gasteiger partial charge in [-0.15, -0.1) is 12.4 Å². The Morgan fingerprint density at radius 1 is 1.47 bits per heavy atom.